The third-order valence-corrected chi connectivity index (χ3v) is 5.56. The summed E-state index contributed by atoms with van der Waals surface area (Å²) in [5.41, 5.74) is 2.25. The number of aromatic amines is 1. The molecule has 1 unspecified atom stereocenters. The predicted octanol–water partition coefficient (Wildman–Crippen LogP) is 2.30. The van der Waals surface area contributed by atoms with Crippen LogP contribution in [0.5, 0.6) is 0 Å². The average Bonchev–Trinajstić information content (AvgIpc) is 3.32. The van der Waals surface area contributed by atoms with Crippen LogP contribution in [0.2, 0.25) is 0 Å². The SMILES string of the molecule is CN(C(=O)c1ccc2c(c1)[nH]c(=O)n2C1CCCC1)C1CCNC1.Cl. The minimum absolute atomic E-state index is 0. The van der Waals surface area contributed by atoms with Gasteiger partial charge in [0.1, 0.15) is 0 Å². The van der Waals surface area contributed by atoms with Crippen molar-refractivity contribution in [3.8, 4) is 0 Å². The number of hydrogen-bond donors (Lipinski definition) is 2. The molecule has 0 radical (unpaired) electrons. The van der Waals surface area contributed by atoms with Gasteiger partial charge in [0.2, 0.25) is 0 Å². The molecule has 1 amide bonds. The Hall–Kier alpha value is -1.79. The van der Waals surface area contributed by atoms with E-state index in [-0.39, 0.29) is 30.0 Å². The Morgan fingerprint density at radius 2 is 2.00 bits per heavy atom. The molecule has 1 aliphatic heterocycles. The summed E-state index contributed by atoms with van der Waals surface area (Å²) in [4.78, 5) is 29.8. The molecule has 1 aromatic carbocycles. The van der Waals surface area contributed by atoms with Crippen LogP contribution in [-0.2, 0) is 0 Å². The van der Waals surface area contributed by atoms with E-state index in [2.05, 4.69) is 10.3 Å². The van der Waals surface area contributed by atoms with E-state index in [9.17, 15) is 9.59 Å². The van der Waals surface area contributed by atoms with Crippen LogP contribution in [0.1, 0.15) is 48.5 Å². The number of benzene rings is 1. The van der Waals surface area contributed by atoms with Crippen molar-refractivity contribution < 1.29 is 4.79 Å². The van der Waals surface area contributed by atoms with Crippen LogP contribution < -0.4 is 11.0 Å². The fourth-order valence-corrected chi connectivity index (χ4v) is 4.13. The third-order valence-electron chi connectivity index (χ3n) is 5.56. The van der Waals surface area contributed by atoms with Gasteiger partial charge in [-0.1, -0.05) is 12.8 Å². The summed E-state index contributed by atoms with van der Waals surface area (Å²) in [5, 5.41) is 3.29. The lowest BCUT2D eigenvalue weighted by atomic mass is 10.1. The van der Waals surface area contributed by atoms with E-state index in [0.29, 0.717) is 11.6 Å². The van der Waals surface area contributed by atoms with Crippen LogP contribution in [0.3, 0.4) is 0 Å². The lowest BCUT2D eigenvalue weighted by Crippen LogP contribution is -2.38. The van der Waals surface area contributed by atoms with E-state index in [1.165, 1.54) is 12.8 Å². The molecule has 4 rings (SSSR count). The number of carbonyl (C=O) groups excluding carboxylic acids is 1. The van der Waals surface area contributed by atoms with Gasteiger partial charge in [0, 0.05) is 31.2 Å². The second-order valence-electron chi connectivity index (χ2n) is 7.03. The van der Waals surface area contributed by atoms with E-state index >= 15 is 0 Å². The minimum atomic E-state index is -0.0603. The smallest absolute Gasteiger partial charge is 0.326 e. The molecule has 2 aromatic rings. The number of rotatable bonds is 3. The molecule has 2 N–H and O–H groups in total. The normalized spacial score (nSPS) is 20.8. The average molecular weight is 365 g/mol. The van der Waals surface area contributed by atoms with Crippen molar-refractivity contribution in [2.45, 2.75) is 44.2 Å². The first-order valence-electron chi connectivity index (χ1n) is 8.87. The maximum absolute atomic E-state index is 12.7. The van der Waals surface area contributed by atoms with Gasteiger partial charge in [0.05, 0.1) is 11.0 Å². The van der Waals surface area contributed by atoms with Crippen LogP contribution in [-0.4, -0.2) is 46.5 Å². The zero-order valence-electron chi connectivity index (χ0n) is 14.5. The Bertz CT molecular complexity index is 816. The molecular weight excluding hydrogens is 340 g/mol. The molecule has 2 aliphatic rings. The molecule has 1 saturated heterocycles. The first-order chi connectivity index (χ1) is 11.6. The highest BCUT2D eigenvalue weighted by atomic mass is 35.5. The van der Waals surface area contributed by atoms with Gasteiger partial charge in [-0.25, -0.2) is 4.79 Å². The second-order valence-corrected chi connectivity index (χ2v) is 7.03. The van der Waals surface area contributed by atoms with Crippen molar-refractivity contribution in [2.75, 3.05) is 20.1 Å². The van der Waals surface area contributed by atoms with Gasteiger partial charge < -0.3 is 15.2 Å². The molecule has 1 atom stereocenters. The number of nitrogens with zero attached hydrogens (tertiary/aromatic N) is 2. The molecule has 2 heterocycles. The monoisotopic (exact) mass is 364 g/mol. The number of H-pyrrole nitrogens is 1. The predicted molar refractivity (Wildman–Crippen MR) is 101 cm³/mol. The Morgan fingerprint density at radius 1 is 1.24 bits per heavy atom. The van der Waals surface area contributed by atoms with Crippen molar-refractivity contribution in [2.24, 2.45) is 0 Å². The van der Waals surface area contributed by atoms with Gasteiger partial charge in [0.25, 0.3) is 5.91 Å². The molecule has 136 valence electrons. The number of likely N-dealkylation sites (N-methyl/N-ethyl adjacent to an activating group) is 1. The van der Waals surface area contributed by atoms with Gasteiger partial charge in [0.15, 0.2) is 0 Å². The quantitative estimate of drug-likeness (QED) is 0.878. The molecule has 7 heteroatoms. The molecule has 1 saturated carbocycles. The number of imidazole rings is 1. The molecule has 1 aliphatic carbocycles. The Morgan fingerprint density at radius 3 is 2.68 bits per heavy atom. The summed E-state index contributed by atoms with van der Waals surface area (Å²) in [6.45, 7) is 1.80. The first-order valence-corrected chi connectivity index (χ1v) is 8.87. The number of carbonyl (C=O) groups is 1. The maximum atomic E-state index is 12.7. The highest BCUT2D eigenvalue weighted by Gasteiger charge is 2.25. The summed E-state index contributed by atoms with van der Waals surface area (Å²) in [5.74, 6) is 0.0139. The highest BCUT2D eigenvalue weighted by molar-refractivity contribution is 5.97. The molecule has 2 fully saturated rings. The Balaban J connectivity index is 0.00000182. The standard InChI is InChI=1S/C18H24N4O2.ClH/c1-21(14-8-9-19-11-14)17(23)12-6-7-16-15(10-12)20-18(24)22(16)13-4-2-3-5-13;/h6-7,10,13-14,19H,2-5,8-9,11H2,1H3,(H,20,24);1H. The van der Waals surface area contributed by atoms with Crippen molar-refractivity contribution >= 4 is 29.3 Å². The number of halogens is 1. The lowest BCUT2D eigenvalue weighted by Gasteiger charge is -2.23. The lowest BCUT2D eigenvalue weighted by molar-refractivity contribution is 0.0744. The van der Waals surface area contributed by atoms with Crippen molar-refractivity contribution in [3.63, 3.8) is 0 Å². The Labute approximate surface area is 153 Å². The molecular formula is C18H25ClN4O2. The van der Waals surface area contributed by atoms with Crippen LogP contribution in [0.15, 0.2) is 23.0 Å². The molecule has 0 spiro atoms. The van der Waals surface area contributed by atoms with E-state index < -0.39 is 0 Å². The van der Waals surface area contributed by atoms with Crippen molar-refractivity contribution in [3.05, 3.63) is 34.2 Å². The van der Waals surface area contributed by atoms with Crippen LogP contribution >= 0.6 is 12.4 Å². The summed E-state index contributed by atoms with van der Waals surface area (Å²) in [7, 11) is 1.86. The molecule has 0 bridgehead atoms. The Kier molecular flexibility index (Phi) is 5.20. The molecule has 1 aromatic heterocycles. The number of amides is 1. The van der Waals surface area contributed by atoms with Crippen molar-refractivity contribution in [1.29, 1.82) is 0 Å². The van der Waals surface area contributed by atoms with Crippen LogP contribution in [0.4, 0.5) is 0 Å². The number of aromatic nitrogens is 2. The fraction of sp³-hybridized carbons (Fsp3) is 0.556. The zero-order valence-corrected chi connectivity index (χ0v) is 15.3. The number of nitrogens with one attached hydrogen (secondary N) is 2. The summed E-state index contributed by atoms with van der Waals surface area (Å²) >= 11 is 0. The number of hydrogen-bond acceptors (Lipinski definition) is 3. The summed E-state index contributed by atoms with van der Waals surface area (Å²) in [6, 6.07) is 6.13. The van der Waals surface area contributed by atoms with E-state index in [0.717, 1.165) is 43.4 Å². The van der Waals surface area contributed by atoms with Crippen LogP contribution in [0, 0.1) is 0 Å². The van der Waals surface area contributed by atoms with Gasteiger partial charge in [-0.15, -0.1) is 12.4 Å². The first kappa shape index (κ1) is 18.0. The second kappa shape index (κ2) is 7.22. The highest BCUT2D eigenvalue weighted by Crippen LogP contribution is 2.30. The third kappa shape index (κ3) is 3.20. The maximum Gasteiger partial charge on any atom is 0.326 e. The van der Waals surface area contributed by atoms with Gasteiger partial charge in [-0.2, -0.15) is 0 Å². The van der Waals surface area contributed by atoms with Gasteiger partial charge in [-0.05, 0) is 44.0 Å². The topological polar surface area (TPSA) is 70.1 Å². The van der Waals surface area contributed by atoms with E-state index in [1.807, 2.05) is 34.7 Å². The minimum Gasteiger partial charge on any atom is -0.337 e. The largest absolute Gasteiger partial charge is 0.337 e. The van der Waals surface area contributed by atoms with E-state index in [4.69, 9.17) is 0 Å². The van der Waals surface area contributed by atoms with E-state index in [1.54, 1.807) is 0 Å². The number of fused-ring (bicyclic) bond motifs is 1. The van der Waals surface area contributed by atoms with Gasteiger partial charge in [-0.3, -0.25) is 9.36 Å². The molecule has 6 nitrogen and oxygen atoms in total. The van der Waals surface area contributed by atoms with Crippen LogP contribution in [0.25, 0.3) is 11.0 Å². The fourth-order valence-electron chi connectivity index (χ4n) is 4.13. The molecule has 25 heavy (non-hydrogen) atoms. The van der Waals surface area contributed by atoms with Crippen molar-refractivity contribution in [1.82, 2.24) is 19.8 Å². The summed E-state index contributed by atoms with van der Waals surface area (Å²) in [6.07, 6.45) is 5.47. The van der Waals surface area contributed by atoms with Gasteiger partial charge >= 0.3 is 5.69 Å². The zero-order chi connectivity index (χ0) is 16.7. The summed E-state index contributed by atoms with van der Waals surface area (Å²) < 4.78 is 1.88.